The van der Waals surface area contributed by atoms with Gasteiger partial charge in [-0.05, 0) is 49.2 Å². The molecule has 0 aliphatic carbocycles. The average Bonchev–Trinajstić information content (AvgIpc) is 2.83. The van der Waals surface area contributed by atoms with Crippen LogP contribution in [0.25, 0.3) is 10.9 Å². The normalized spacial score (nSPS) is 10.9. The second kappa shape index (κ2) is 12.8. The first-order chi connectivity index (χ1) is 15.7. The lowest BCUT2D eigenvalue weighted by Crippen LogP contribution is -2.25. The number of hydrogen-bond acceptors (Lipinski definition) is 3. The molecule has 32 heavy (non-hydrogen) atoms. The summed E-state index contributed by atoms with van der Waals surface area (Å²) < 4.78 is 0. The van der Waals surface area contributed by atoms with E-state index in [1.165, 1.54) is 57.1 Å². The number of carbonyl (C=O) groups excluding carboxylic acids is 1. The van der Waals surface area contributed by atoms with Crippen LogP contribution in [-0.2, 0) is 0 Å². The van der Waals surface area contributed by atoms with Gasteiger partial charge in [0.25, 0.3) is 5.91 Å². The summed E-state index contributed by atoms with van der Waals surface area (Å²) >= 11 is 0. The van der Waals surface area contributed by atoms with Crippen molar-refractivity contribution in [3.05, 3.63) is 66.4 Å². The minimum atomic E-state index is -0.105. The highest BCUT2D eigenvalue weighted by Gasteiger charge is 2.10. The van der Waals surface area contributed by atoms with Gasteiger partial charge in [-0.15, -0.1) is 0 Å². The molecule has 0 aliphatic heterocycles. The third kappa shape index (κ3) is 7.08. The number of anilines is 2. The highest BCUT2D eigenvalue weighted by Crippen LogP contribution is 2.20. The summed E-state index contributed by atoms with van der Waals surface area (Å²) in [5.41, 5.74) is 3.51. The Balaban J connectivity index is 1.63. The molecule has 0 aliphatic rings. The molecule has 0 bridgehead atoms. The van der Waals surface area contributed by atoms with Crippen molar-refractivity contribution in [2.24, 2.45) is 0 Å². The van der Waals surface area contributed by atoms with E-state index in [0.29, 0.717) is 11.3 Å². The zero-order valence-corrected chi connectivity index (χ0v) is 19.6. The molecule has 1 amide bonds. The van der Waals surface area contributed by atoms with Gasteiger partial charge in [0, 0.05) is 29.7 Å². The van der Waals surface area contributed by atoms with E-state index in [-0.39, 0.29) is 5.91 Å². The molecule has 0 saturated heterocycles. The fourth-order valence-corrected chi connectivity index (χ4v) is 4.00. The van der Waals surface area contributed by atoms with Gasteiger partial charge in [0.15, 0.2) is 0 Å². The fraction of sp³-hybridized carbons (Fsp3) is 0.429. The third-order valence-corrected chi connectivity index (χ3v) is 5.91. The molecule has 0 fully saturated rings. The molecule has 2 aromatic carbocycles. The molecule has 0 spiro atoms. The van der Waals surface area contributed by atoms with Crippen molar-refractivity contribution in [2.75, 3.05) is 23.3 Å². The van der Waals surface area contributed by atoms with Crippen molar-refractivity contribution in [1.82, 2.24) is 4.98 Å². The monoisotopic (exact) mass is 431 g/mol. The van der Waals surface area contributed by atoms with Gasteiger partial charge in [-0.25, -0.2) is 0 Å². The van der Waals surface area contributed by atoms with Crippen molar-refractivity contribution in [3.63, 3.8) is 0 Å². The Labute approximate surface area is 193 Å². The van der Waals surface area contributed by atoms with Gasteiger partial charge in [0.05, 0.1) is 17.4 Å². The molecule has 0 unspecified atom stereocenters. The number of hydrogen-bond donors (Lipinski definition) is 1. The minimum absolute atomic E-state index is 0.105. The van der Waals surface area contributed by atoms with Gasteiger partial charge in [0.1, 0.15) is 0 Å². The number of amides is 1. The summed E-state index contributed by atoms with van der Waals surface area (Å²) in [5.74, 6) is -0.105. The van der Waals surface area contributed by atoms with E-state index in [1.807, 2.05) is 42.5 Å². The minimum Gasteiger partial charge on any atom is -0.372 e. The Morgan fingerprint density at radius 3 is 2.16 bits per heavy atom. The summed E-state index contributed by atoms with van der Waals surface area (Å²) in [6.07, 6.45) is 11.8. The van der Waals surface area contributed by atoms with Gasteiger partial charge in [0.2, 0.25) is 0 Å². The molecule has 1 N–H and O–H groups in total. The van der Waals surface area contributed by atoms with Crippen LogP contribution in [0.1, 0.15) is 75.6 Å². The zero-order valence-electron chi connectivity index (χ0n) is 19.6. The molecule has 3 aromatic rings. The molecular formula is C28H37N3O. The lowest BCUT2D eigenvalue weighted by Gasteiger charge is -2.25. The fourth-order valence-electron chi connectivity index (χ4n) is 4.00. The molecule has 3 rings (SSSR count). The van der Waals surface area contributed by atoms with Gasteiger partial charge in [-0.1, -0.05) is 70.6 Å². The lowest BCUT2D eigenvalue weighted by molar-refractivity contribution is 0.102. The molecular weight excluding hydrogens is 394 g/mol. The van der Waals surface area contributed by atoms with E-state index < -0.39 is 0 Å². The Bertz CT molecular complexity index is 956. The average molecular weight is 432 g/mol. The number of fused-ring (bicyclic) bond motifs is 1. The Hall–Kier alpha value is -2.88. The maximum atomic E-state index is 12.8. The van der Waals surface area contributed by atoms with E-state index in [1.54, 1.807) is 6.20 Å². The van der Waals surface area contributed by atoms with Gasteiger partial charge < -0.3 is 10.2 Å². The summed E-state index contributed by atoms with van der Waals surface area (Å²) in [6, 6.07) is 17.9. The number of aromatic nitrogens is 1. The molecule has 0 saturated carbocycles. The number of carbonyl (C=O) groups is 1. The van der Waals surface area contributed by atoms with E-state index in [2.05, 4.69) is 41.2 Å². The van der Waals surface area contributed by atoms with Crippen LogP contribution in [0, 0.1) is 0 Å². The quantitative estimate of drug-likeness (QED) is 0.286. The second-order valence-corrected chi connectivity index (χ2v) is 8.53. The van der Waals surface area contributed by atoms with Crippen LogP contribution in [0.3, 0.4) is 0 Å². The highest BCUT2D eigenvalue weighted by molar-refractivity contribution is 6.05. The number of unbranched alkanes of at least 4 members (excludes halogenated alkanes) is 6. The predicted molar refractivity (Wildman–Crippen MR) is 137 cm³/mol. The summed E-state index contributed by atoms with van der Waals surface area (Å²) in [5, 5.41) is 4.00. The van der Waals surface area contributed by atoms with E-state index in [4.69, 9.17) is 0 Å². The largest absolute Gasteiger partial charge is 0.372 e. The molecule has 0 radical (unpaired) electrons. The summed E-state index contributed by atoms with van der Waals surface area (Å²) in [7, 11) is 0. The zero-order chi connectivity index (χ0) is 22.6. The smallest absolute Gasteiger partial charge is 0.255 e. The van der Waals surface area contributed by atoms with Crippen LogP contribution >= 0.6 is 0 Å². The number of nitrogens with one attached hydrogen (secondary N) is 1. The molecule has 4 heteroatoms. The number of pyridine rings is 1. The van der Waals surface area contributed by atoms with Crippen LogP contribution in [-0.4, -0.2) is 24.0 Å². The Morgan fingerprint density at radius 2 is 1.50 bits per heavy atom. The number of rotatable bonds is 13. The van der Waals surface area contributed by atoms with Crippen molar-refractivity contribution in [1.29, 1.82) is 0 Å². The van der Waals surface area contributed by atoms with E-state index in [0.717, 1.165) is 24.0 Å². The summed E-state index contributed by atoms with van der Waals surface area (Å²) in [4.78, 5) is 19.7. The molecule has 1 aromatic heterocycles. The van der Waals surface area contributed by atoms with Gasteiger partial charge >= 0.3 is 0 Å². The SMILES string of the molecule is CCCCCCN(CCCCCC)c1ccc(C(=O)Nc2cnc3ccccc3c2)cc1. The van der Waals surface area contributed by atoms with Crippen molar-refractivity contribution >= 4 is 28.2 Å². The van der Waals surface area contributed by atoms with Crippen molar-refractivity contribution < 1.29 is 4.79 Å². The number of para-hydroxylation sites is 1. The molecule has 0 atom stereocenters. The van der Waals surface area contributed by atoms with Crippen LogP contribution in [0.5, 0.6) is 0 Å². The molecule has 4 nitrogen and oxygen atoms in total. The first-order valence-electron chi connectivity index (χ1n) is 12.2. The van der Waals surface area contributed by atoms with Crippen molar-refractivity contribution in [2.45, 2.75) is 65.2 Å². The first kappa shape index (κ1) is 23.8. The lowest BCUT2D eigenvalue weighted by atomic mass is 10.1. The van der Waals surface area contributed by atoms with E-state index >= 15 is 0 Å². The van der Waals surface area contributed by atoms with Gasteiger partial charge in [-0.3, -0.25) is 9.78 Å². The number of nitrogens with zero attached hydrogens (tertiary/aromatic N) is 2. The molecule has 1 heterocycles. The molecule has 170 valence electrons. The van der Waals surface area contributed by atoms with E-state index in [9.17, 15) is 4.79 Å². The third-order valence-electron chi connectivity index (χ3n) is 5.91. The topological polar surface area (TPSA) is 45.2 Å². The highest BCUT2D eigenvalue weighted by atomic mass is 16.1. The second-order valence-electron chi connectivity index (χ2n) is 8.53. The van der Waals surface area contributed by atoms with Crippen LogP contribution in [0.2, 0.25) is 0 Å². The predicted octanol–water partition coefficient (Wildman–Crippen LogP) is 7.45. The standard InChI is InChI=1S/C28H37N3O/c1-3-5-7-11-19-31(20-12-8-6-4-2)26-17-15-23(16-18-26)28(32)30-25-21-24-13-9-10-14-27(24)29-22-25/h9-10,13-18,21-22H,3-8,11-12,19-20H2,1-2H3,(H,30,32). The van der Waals surface area contributed by atoms with Crippen LogP contribution < -0.4 is 10.2 Å². The van der Waals surface area contributed by atoms with Crippen LogP contribution in [0.4, 0.5) is 11.4 Å². The Kier molecular flexibility index (Phi) is 9.55. The summed E-state index contributed by atoms with van der Waals surface area (Å²) in [6.45, 7) is 6.67. The maximum absolute atomic E-state index is 12.8. The van der Waals surface area contributed by atoms with Crippen molar-refractivity contribution in [3.8, 4) is 0 Å². The maximum Gasteiger partial charge on any atom is 0.255 e. The van der Waals surface area contributed by atoms with Crippen LogP contribution in [0.15, 0.2) is 60.8 Å². The first-order valence-corrected chi connectivity index (χ1v) is 12.2. The Morgan fingerprint density at radius 1 is 0.844 bits per heavy atom. The van der Waals surface area contributed by atoms with Gasteiger partial charge in [-0.2, -0.15) is 0 Å². The number of benzene rings is 2.